The predicted molar refractivity (Wildman–Crippen MR) is 34.3 cm³/mol. The molecule has 0 fully saturated rings. The summed E-state index contributed by atoms with van der Waals surface area (Å²) in [6.07, 6.45) is 0. The standard InChI is InChI=1S/C6H3F2.BF3.K/c7-5-2-1-3-6(8)4-5;2-1(3)4;/h2-4H;;/q-1;;+1. The van der Waals surface area contributed by atoms with E-state index in [9.17, 15) is 21.7 Å². The number of halogens is 5. The van der Waals surface area contributed by atoms with Crippen molar-refractivity contribution in [2.45, 2.75) is 0 Å². The molecule has 0 saturated heterocycles. The predicted octanol–water partition coefficient (Wildman–Crippen LogP) is -0.351. The zero-order valence-electron chi connectivity index (χ0n) is 6.70. The first-order chi connectivity index (χ1) is 5.52. The van der Waals surface area contributed by atoms with Gasteiger partial charge in [0.05, 0.1) is 0 Å². The van der Waals surface area contributed by atoms with E-state index in [2.05, 4.69) is 6.07 Å². The normalized spacial score (nSPS) is 7.77. The van der Waals surface area contributed by atoms with Crippen LogP contribution in [0.3, 0.4) is 0 Å². The monoisotopic (exact) mass is 220 g/mol. The van der Waals surface area contributed by atoms with E-state index in [4.69, 9.17) is 0 Å². The van der Waals surface area contributed by atoms with E-state index in [-0.39, 0.29) is 51.4 Å². The van der Waals surface area contributed by atoms with E-state index in [0.29, 0.717) is 0 Å². The fourth-order valence-corrected chi connectivity index (χ4v) is 0.416. The van der Waals surface area contributed by atoms with E-state index in [1.54, 1.807) is 0 Å². The van der Waals surface area contributed by atoms with Crippen LogP contribution < -0.4 is 51.4 Å². The second-order valence-corrected chi connectivity index (χ2v) is 1.62. The van der Waals surface area contributed by atoms with Gasteiger partial charge in [-0.25, -0.2) is 0 Å². The Bertz CT molecular complexity index is 212. The van der Waals surface area contributed by atoms with Gasteiger partial charge in [-0.1, -0.05) is 0 Å². The molecule has 0 nitrogen and oxygen atoms in total. The molecule has 1 aromatic carbocycles. The Balaban J connectivity index is 0. The Morgan fingerprint density at radius 3 is 1.46 bits per heavy atom. The zero-order chi connectivity index (χ0) is 9.56. The molecule has 13 heavy (non-hydrogen) atoms. The average molecular weight is 220 g/mol. The Morgan fingerprint density at radius 2 is 1.31 bits per heavy atom. The van der Waals surface area contributed by atoms with E-state index in [1.807, 2.05) is 0 Å². The molecule has 0 amide bonds. The summed E-state index contributed by atoms with van der Waals surface area (Å²) in [5.41, 5.74) is 0. The van der Waals surface area contributed by atoms with Crippen LogP contribution in [0.15, 0.2) is 18.2 Å². The van der Waals surface area contributed by atoms with Crippen LogP contribution >= 0.6 is 0 Å². The first-order valence-electron chi connectivity index (χ1n) is 2.76. The van der Waals surface area contributed by atoms with Crippen LogP contribution in [-0.2, 0) is 0 Å². The fraction of sp³-hybridized carbons (Fsp3) is 0. The van der Waals surface area contributed by atoms with Gasteiger partial charge in [-0.3, -0.25) is 21.7 Å². The van der Waals surface area contributed by atoms with Crippen molar-refractivity contribution in [1.29, 1.82) is 0 Å². The number of hydrogen-bond donors (Lipinski definition) is 0. The minimum absolute atomic E-state index is 0. The number of hydrogen-bond acceptors (Lipinski definition) is 0. The molecule has 0 radical (unpaired) electrons. The summed E-state index contributed by atoms with van der Waals surface area (Å²) in [7, 11) is -3.67. The van der Waals surface area contributed by atoms with Gasteiger partial charge in [0.25, 0.3) is 0 Å². The van der Waals surface area contributed by atoms with Crippen LogP contribution in [0, 0.1) is 17.7 Å². The molecule has 0 heterocycles. The Hall–Kier alpha value is 0.571. The molecule has 0 N–H and O–H groups in total. The minimum Gasteiger partial charge on any atom is -0.284 e. The molecule has 7 heteroatoms. The molecule has 0 spiro atoms. The van der Waals surface area contributed by atoms with E-state index in [0.717, 1.165) is 18.2 Å². The topological polar surface area (TPSA) is 0 Å². The van der Waals surface area contributed by atoms with Gasteiger partial charge in [0.2, 0.25) is 0 Å². The molecule has 0 atom stereocenters. The van der Waals surface area contributed by atoms with Crippen molar-refractivity contribution < 1.29 is 73.1 Å². The van der Waals surface area contributed by atoms with Gasteiger partial charge in [-0.15, -0.1) is 18.2 Å². The molecule has 1 rings (SSSR count). The van der Waals surface area contributed by atoms with E-state index < -0.39 is 19.2 Å². The molecule has 0 bridgehead atoms. The maximum absolute atomic E-state index is 11.9. The molecule has 0 unspecified atom stereocenters. The first kappa shape index (κ1) is 16.0. The first-order valence-corrected chi connectivity index (χ1v) is 2.76. The van der Waals surface area contributed by atoms with Crippen molar-refractivity contribution >= 4 is 7.54 Å². The summed E-state index contributed by atoms with van der Waals surface area (Å²) in [6.45, 7) is 0. The summed E-state index contributed by atoms with van der Waals surface area (Å²) in [5, 5.41) is 0. The maximum atomic E-state index is 11.9. The second kappa shape index (κ2) is 9.14. The summed E-state index contributed by atoms with van der Waals surface area (Å²) in [4.78, 5) is 0. The molecule has 0 aliphatic carbocycles. The number of benzene rings is 1. The SMILES string of the molecule is FB(F)F.Fc1c[c-]cc(F)c1.[K+]. The molecule has 1 aromatic rings. The summed E-state index contributed by atoms with van der Waals surface area (Å²) >= 11 is 0. The van der Waals surface area contributed by atoms with Crippen molar-refractivity contribution in [2.75, 3.05) is 0 Å². The molecular weight excluding hydrogens is 217 g/mol. The van der Waals surface area contributed by atoms with Crippen LogP contribution in [0.1, 0.15) is 0 Å². The van der Waals surface area contributed by atoms with Crippen LogP contribution in [0.4, 0.5) is 21.7 Å². The van der Waals surface area contributed by atoms with Crippen LogP contribution in [0.2, 0.25) is 0 Å². The average Bonchev–Trinajstić information content (AvgIpc) is 1.84. The zero-order valence-corrected chi connectivity index (χ0v) is 9.82. The molecule has 66 valence electrons. The van der Waals surface area contributed by atoms with Gasteiger partial charge in [-0.05, 0) is 0 Å². The number of rotatable bonds is 0. The smallest absolute Gasteiger partial charge is 0.284 e. The minimum atomic E-state index is -3.67. The van der Waals surface area contributed by atoms with Crippen LogP contribution in [0.25, 0.3) is 0 Å². The van der Waals surface area contributed by atoms with Gasteiger partial charge in [-0.2, -0.15) is 6.07 Å². The van der Waals surface area contributed by atoms with E-state index >= 15 is 0 Å². The largest absolute Gasteiger partial charge is 1.00 e. The Labute approximate surface area is 115 Å². The third-order valence-electron chi connectivity index (χ3n) is 0.718. The van der Waals surface area contributed by atoms with Crippen molar-refractivity contribution in [1.82, 2.24) is 0 Å². The quantitative estimate of drug-likeness (QED) is 0.318. The third kappa shape index (κ3) is 12.6. The molecule has 0 aromatic heterocycles. The maximum Gasteiger partial charge on any atom is 1.00 e. The van der Waals surface area contributed by atoms with Gasteiger partial charge >= 0.3 is 58.9 Å². The summed E-state index contributed by atoms with van der Waals surface area (Å²) in [6, 6.07) is 5.23. The molecule has 0 aliphatic rings. The Kier molecular flexibility index (Phi) is 11.3. The van der Waals surface area contributed by atoms with Gasteiger partial charge in [0.1, 0.15) is 0 Å². The van der Waals surface area contributed by atoms with Crippen LogP contribution in [0.5, 0.6) is 0 Å². The molecule has 0 saturated carbocycles. The second-order valence-electron chi connectivity index (χ2n) is 1.62. The van der Waals surface area contributed by atoms with Gasteiger partial charge in [0.15, 0.2) is 0 Å². The molecule has 0 aliphatic heterocycles. The van der Waals surface area contributed by atoms with Crippen molar-refractivity contribution in [3.05, 3.63) is 35.9 Å². The van der Waals surface area contributed by atoms with Crippen molar-refractivity contribution in [3.8, 4) is 0 Å². The summed E-state index contributed by atoms with van der Waals surface area (Å²) < 4.78 is 52.8. The molecular formula is C6H3BF5K. The van der Waals surface area contributed by atoms with Crippen molar-refractivity contribution in [3.63, 3.8) is 0 Å². The van der Waals surface area contributed by atoms with Gasteiger partial charge in [0, 0.05) is 11.6 Å². The Morgan fingerprint density at radius 1 is 1.00 bits per heavy atom. The summed E-state index contributed by atoms with van der Waals surface area (Å²) in [5.74, 6) is -1.19. The van der Waals surface area contributed by atoms with Crippen molar-refractivity contribution in [2.24, 2.45) is 0 Å². The third-order valence-corrected chi connectivity index (χ3v) is 0.718. The fourth-order valence-electron chi connectivity index (χ4n) is 0.416. The van der Waals surface area contributed by atoms with Gasteiger partial charge < -0.3 is 0 Å². The van der Waals surface area contributed by atoms with E-state index in [1.165, 1.54) is 0 Å². The van der Waals surface area contributed by atoms with Crippen LogP contribution in [-0.4, -0.2) is 7.54 Å².